The SMILES string of the molecule is ClCc1nncn1-c1cccc(Cl)c1. The lowest BCUT2D eigenvalue weighted by molar-refractivity contribution is 0.951. The molecule has 0 radical (unpaired) electrons. The third-order valence-corrected chi connectivity index (χ3v) is 2.30. The van der Waals surface area contributed by atoms with Crippen LogP contribution in [0.3, 0.4) is 0 Å². The van der Waals surface area contributed by atoms with Crippen molar-refractivity contribution in [2.45, 2.75) is 5.88 Å². The van der Waals surface area contributed by atoms with E-state index in [1.807, 2.05) is 24.3 Å². The summed E-state index contributed by atoms with van der Waals surface area (Å²) in [7, 11) is 0. The van der Waals surface area contributed by atoms with Gasteiger partial charge in [0.15, 0.2) is 5.82 Å². The molecule has 0 aliphatic rings. The van der Waals surface area contributed by atoms with Crippen LogP contribution >= 0.6 is 23.2 Å². The van der Waals surface area contributed by atoms with E-state index >= 15 is 0 Å². The molecular weight excluding hydrogens is 221 g/mol. The van der Waals surface area contributed by atoms with Gasteiger partial charge < -0.3 is 0 Å². The molecule has 1 aromatic carbocycles. The number of hydrogen-bond donors (Lipinski definition) is 0. The summed E-state index contributed by atoms with van der Waals surface area (Å²) in [5.41, 5.74) is 0.915. The Morgan fingerprint density at radius 2 is 2.21 bits per heavy atom. The van der Waals surface area contributed by atoms with Crippen molar-refractivity contribution in [3.8, 4) is 5.69 Å². The molecule has 3 nitrogen and oxygen atoms in total. The first-order valence-electron chi connectivity index (χ1n) is 4.02. The molecule has 1 aromatic heterocycles. The first-order valence-corrected chi connectivity index (χ1v) is 4.93. The summed E-state index contributed by atoms with van der Waals surface area (Å²) in [5, 5.41) is 8.34. The van der Waals surface area contributed by atoms with E-state index < -0.39 is 0 Å². The fourth-order valence-electron chi connectivity index (χ4n) is 1.19. The van der Waals surface area contributed by atoms with Crippen molar-refractivity contribution in [2.24, 2.45) is 0 Å². The van der Waals surface area contributed by atoms with Crippen LogP contribution in [0.15, 0.2) is 30.6 Å². The standard InChI is InChI=1S/C9H7Cl2N3/c10-5-9-13-12-6-14(9)8-3-1-2-7(11)4-8/h1-4,6H,5H2. The molecular formula is C9H7Cl2N3. The van der Waals surface area contributed by atoms with E-state index in [9.17, 15) is 0 Å². The second-order valence-corrected chi connectivity index (χ2v) is 3.43. The number of nitrogens with zero attached hydrogens (tertiary/aromatic N) is 3. The van der Waals surface area contributed by atoms with Crippen LogP contribution in [0.2, 0.25) is 5.02 Å². The molecule has 0 aliphatic carbocycles. The molecule has 0 fully saturated rings. The summed E-state index contributed by atoms with van der Waals surface area (Å²) in [6.45, 7) is 0. The van der Waals surface area contributed by atoms with Crippen LogP contribution in [0, 0.1) is 0 Å². The summed E-state index contributed by atoms with van der Waals surface area (Å²) in [5.74, 6) is 1.03. The van der Waals surface area contributed by atoms with Gasteiger partial charge in [-0.05, 0) is 18.2 Å². The van der Waals surface area contributed by atoms with Gasteiger partial charge in [-0.2, -0.15) is 0 Å². The van der Waals surface area contributed by atoms with Crippen LogP contribution in [-0.4, -0.2) is 14.8 Å². The van der Waals surface area contributed by atoms with Crippen LogP contribution in [0.5, 0.6) is 0 Å². The van der Waals surface area contributed by atoms with Crippen molar-refractivity contribution in [1.82, 2.24) is 14.8 Å². The minimum Gasteiger partial charge on any atom is -0.285 e. The topological polar surface area (TPSA) is 30.7 Å². The van der Waals surface area contributed by atoms with E-state index in [0.717, 1.165) is 5.69 Å². The number of hydrogen-bond acceptors (Lipinski definition) is 2. The highest BCUT2D eigenvalue weighted by molar-refractivity contribution is 6.30. The third-order valence-electron chi connectivity index (χ3n) is 1.82. The Kier molecular flexibility index (Phi) is 2.70. The van der Waals surface area contributed by atoms with Gasteiger partial charge in [-0.25, -0.2) is 0 Å². The van der Waals surface area contributed by atoms with Crippen LogP contribution in [0.1, 0.15) is 5.82 Å². The molecule has 5 heteroatoms. The summed E-state index contributed by atoms with van der Waals surface area (Å²) in [6.07, 6.45) is 1.61. The molecule has 0 spiro atoms. The van der Waals surface area contributed by atoms with Gasteiger partial charge in [0, 0.05) is 10.7 Å². The molecule has 0 unspecified atom stereocenters. The van der Waals surface area contributed by atoms with Crippen molar-refractivity contribution in [3.63, 3.8) is 0 Å². The minimum atomic E-state index is 0.326. The monoisotopic (exact) mass is 227 g/mol. The molecule has 14 heavy (non-hydrogen) atoms. The maximum absolute atomic E-state index is 5.87. The van der Waals surface area contributed by atoms with Gasteiger partial charge in [0.1, 0.15) is 6.33 Å². The van der Waals surface area contributed by atoms with Gasteiger partial charge in [-0.3, -0.25) is 4.57 Å². The molecule has 0 saturated heterocycles. The highest BCUT2D eigenvalue weighted by Crippen LogP contribution is 2.16. The quantitative estimate of drug-likeness (QED) is 0.739. The Labute approximate surface area is 91.3 Å². The van der Waals surface area contributed by atoms with Crippen molar-refractivity contribution in [2.75, 3.05) is 0 Å². The summed E-state index contributed by atoms with van der Waals surface area (Å²) in [6, 6.07) is 7.44. The predicted octanol–water partition coefficient (Wildman–Crippen LogP) is 2.66. The van der Waals surface area contributed by atoms with Gasteiger partial charge in [0.05, 0.1) is 5.88 Å². The van der Waals surface area contributed by atoms with Gasteiger partial charge in [0.2, 0.25) is 0 Å². The Balaban J connectivity index is 2.49. The molecule has 0 N–H and O–H groups in total. The molecule has 72 valence electrons. The Hall–Kier alpha value is -1.06. The average molecular weight is 228 g/mol. The average Bonchev–Trinajstić information content (AvgIpc) is 2.65. The Morgan fingerprint density at radius 3 is 2.93 bits per heavy atom. The smallest absolute Gasteiger partial charge is 0.152 e. The van der Waals surface area contributed by atoms with Gasteiger partial charge in [-0.1, -0.05) is 17.7 Å². The van der Waals surface area contributed by atoms with Crippen molar-refractivity contribution >= 4 is 23.2 Å². The largest absolute Gasteiger partial charge is 0.285 e. The summed E-state index contributed by atoms with van der Waals surface area (Å²) < 4.78 is 1.80. The molecule has 0 bridgehead atoms. The zero-order valence-corrected chi connectivity index (χ0v) is 8.70. The van der Waals surface area contributed by atoms with E-state index in [4.69, 9.17) is 23.2 Å². The molecule has 0 aliphatic heterocycles. The van der Waals surface area contributed by atoms with Crippen LogP contribution in [-0.2, 0) is 5.88 Å². The van der Waals surface area contributed by atoms with Crippen LogP contribution < -0.4 is 0 Å². The zero-order chi connectivity index (χ0) is 9.97. The maximum atomic E-state index is 5.87. The molecule has 2 aromatic rings. The van der Waals surface area contributed by atoms with E-state index in [1.54, 1.807) is 10.9 Å². The van der Waals surface area contributed by atoms with Gasteiger partial charge in [-0.15, -0.1) is 21.8 Å². The lowest BCUT2D eigenvalue weighted by Gasteiger charge is -2.04. The lowest BCUT2D eigenvalue weighted by atomic mass is 10.3. The Bertz CT molecular complexity index is 439. The predicted molar refractivity (Wildman–Crippen MR) is 55.9 cm³/mol. The minimum absolute atomic E-state index is 0.326. The zero-order valence-electron chi connectivity index (χ0n) is 7.19. The highest BCUT2D eigenvalue weighted by Gasteiger charge is 2.04. The number of benzene rings is 1. The van der Waals surface area contributed by atoms with Crippen LogP contribution in [0.4, 0.5) is 0 Å². The molecule has 0 atom stereocenters. The maximum Gasteiger partial charge on any atom is 0.152 e. The summed E-state index contributed by atoms with van der Waals surface area (Å²) >= 11 is 11.6. The van der Waals surface area contributed by atoms with E-state index in [1.165, 1.54) is 0 Å². The lowest BCUT2D eigenvalue weighted by Crippen LogP contribution is -1.97. The fraction of sp³-hybridized carbons (Fsp3) is 0.111. The van der Waals surface area contributed by atoms with Crippen molar-refractivity contribution < 1.29 is 0 Å². The Morgan fingerprint density at radius 1 is 1.36 bits per heavy atom. The van der Waals surface area contributed by atoms with E-state index in [-0.39, 0.29) is 0 Å². The second kappa shape index (κ2) is 3.98. The van der Waals surface area contributed by atoms with Crippen molar-refractivity contribution in [3.05, 3.63) is 41.4 Å². The molecule has 0 amide bonds. The fourth-order valence-corrected chi connectivity index (χ4v) is 1.56. The molecule has 2 rings (SSSR count). The molecule has 1 heterocycles. The number of aromatic nitrogens is 3. The number of halogens is 2. The first-order chi connectivity index (χ1) is 6.81. The van der Waals surface area contributed by atoms with Gasteiger partial charge >= 0.3 is 0 Å². The highest BCUT2D eigenvalue weighted by atomic mass is 35.5. The first kappa shape index (κ1) is 9.49. The number of alkyl halides is 1. The third kappa shape index (κ3) is 1.74. The number of rotatable bonds is 2. The van der Waals surface area contributed by atoms with E-state index in [2.05, 4.69) is 10.2 Å². The van der Waals surface area contributed by atoms with E-state index in [0.29, 0.717) is 16.7 Å². The summed E-state index contributed by atoms with van der Waals surface area (Å²) in [4.78, 5) is 0. The van der Waals surface area contributed by atoms with Crippen molar-refractivity contribution in [1.29, 1.82) is 0 Å². The second-order valence-electron chi connectivity index (χ2n) is 2.73. The normalized spacial score (nSPS) is 10.4. The van der Waals surface area contributed by atoms with Gasteiger partial charge in [0.25, 0.3) is 0 Å². The molecule has 0 saturated carbocycles. The van der Waals surface area contributed by atoms with Crippen LogP contribution in [0.25, 0.3) is 5.69 Å².